The first-order valence-corrected chi connectivity index (χ1v) is 8.69. The number of nitrogens with one attached hydrogen (secondary N) is 1. The maximum absolute atomic E-state index is 11.8. The van der Waals surface area contributed by atoms with Gasteiger partial charge in [0.15, 0.2) is 0 Å². The van der Waals surface area contributed by atoms with Gasteiger partial charge in [0.1, 0.15) is 0 Å². The first kappa shape index (κ1) is 15.3. The van der Waals surface area contributed by atoms with E-state index in [-0.39, 0.29) is 11.8 Å². The van der Waals surface area contributed by atoms with E-state index >= 15 is 0 Å². The molecule has 1 fully saturated rings. The highest BCUT2D eigenvalue weighted by atomic mass is 35.5. The topological polar surface area (TPSA) is 46.2 Å². The van der Waals surface area contributed by atoms with Crippen molar-refractivity contribution in [3.05, 3.63) is 0 Å². The van der Waals surface area contributed by atoms with Gasteiger partial charge in [0.2, 0.25) is 10.0 Å². The molecule has 0 radical (unpaired) electrons. The normalized spacial score (nSPS) is 30.4. The summed E-state index contributed by atoms with van der Waals surface area (Å²) in [6.45, 7) is 4.45. The standard InChI is InChI=1S/C12H24ClNO2S/c1-10-5-6-12(9-11(10)2)14-17(15,16)8-4-3-7-13/h10-12,14H,3-9H2,1-2H3. The zero-order chi connectivity index (χ0) is 12.9. The quantitative estimate of drug-likeness (QED) is 0.601. The van der Waals surface area contributed by atoms with Crippen molar-refractivity contribution in [2.75, 3.05) is 11.6 Å². The molecule has 1 aliphatic rings. The molecule has 1 rings (SSSR count). The molecule has 0 aromatic carbocycles. The minimum Gasteiger partial charge on any atom is -0.212 e. The average molecular weight is 282 g/mol. The number of halogens is 1. The van der Waals surface area contributed by atoms with Crippen molar-refractivity contribution in [1.82, 2.24) is 4.72 Å². The van der Waals surface area contributed by atoms with E-state index in [0.717, 1.165) is 25.7 Å². The summed E-state index contributed by atoms with van der Waals surface area (Å²) in [5.41, 5.74) is 0. The Labute approximate surface area is 110 Å². The van der Waals surface area contributed by atoms with Crippen LogP contribution in [0, 0.1) is 11.8 Å². The Morgan fingerprint density at radius 2 is 1.88 bits per heavy atom. The van der Waals surface area contributed by atoms with E-state index in [1.807, 2.05) is 0 Å². The molecule has 0 aromatic heterocycles. The van der Waals surface area contributed by atoms with E-state index in [1.165, 1.54) is 0 Å². The van der Waals surface area contributed by atoms with Gasteiger partial charge in [-0.05, 0) is 43.9 Å². The third-order valence-corrected chi connectivity index (χ3v) is 5.53. The van der Waals surface area contributed by atoms with Gasteiger partial charge in [0.05, 0.1) is 5.75 Å². The largest absolute Gasteiger partial charge is 0.212 e. The van der Waals surface area contributed by atoms with E-state index < -0.39 is 10.0 Å². The van der Waals surface area contributed by atoms with Gasteiger partial charge in [-0.2, -0.15) is 0 Å². The molecule has 1 N–H and O–H groups in total. The lowest BCUT2D eigenvalue weighted by atomic mass is 9.79. The molecule has 1 saturated carbocycles. The molecular formula is C12H24ClNO2S. The van der Waals surface area contributed by atoms with Crippen molar-refractivity contribution in [1.29, 1.82) is 0 Å². The highest BCUT2D eigenvalue weighted by Gasteiger charge is 2.27. The van der Waals surface area contributed by atoms with Gasteiger partial charge in [-0.1, -0.05) is 13.8 Å². The fourth-order valence-corrected chi connectivity index (χ4v) is 3.97. The van der Waals surface area contributed by atoms with Crippen molar-refractivity contribution in [2.24, 2.45) is 11.8 Å². The second kappa shape index (κ2) is 6.95. The fraction of sp³-hybridized carbons (Fsp3) is 1.00. The Bertz CT molecular complexity index is 318. The van der Waals surface area contributed by atoms with E-state index in [1.54, 1.807) is 0 Å². The van der Waals surface area contributed by atoms with E-state index in [9.17, 15) is 8.42 Å². The van der Waals surface area contributed by atoms with Crippen LogP contribution in [-0.4, -0.2) is 26.1 Å². The summed E-state index contributed by atoms with van der Waals surface area (Å²) in [6.07, 6.45) is 4.48. The molecule has 0 saturated heterocycles. The van der Waals surface area contributed by atoms with Gasteiger partial charge < -0.3 is 0 Å². The predicted molar refractivity (Wildman–Crippen MR) is 72.8 cm³/mol. The molecule has 3 nitrogen and oxygen atoms in total. The summed E-state index contributed by atoms with van der Waals surface area (Å²) in [5, 5.41) is 0. The maximum Gasteiger partial charge on any atom is 0.211 e. The van der Waals surface area contributed by atoms with Gasteiger partial charge in [-0.15, -0.1) is 11.6 Å². The Morgan fingerprint density at radius 3 is 2.47 bits per heavy atom. The van der Waals surface area contributed by atoms with Crippen LogP contribution in [0.15, 0.2) is 0 Å². The van der Waals surface area contributed by atoms with Crippen LogP contribution in [0.25, 0.3) is 0 Å². The SMILES string of the molecule is CC1CCC(NS(=O)(=O)CCCCCl)CC1C. The van der Waals surface area contributed by atoms with E-state index in [4.69, 9.17) is 11.6 Å². The fourth-order valence-electron chi connectivity index (χ4n) is 2.35. The van der Waals surface area contributed by atoms with Crippen LogP contribution in [0.4, 0.5) is 0 Å². The number of alkyl halides is 1. The second-order valence-electron chi connectivity index (χ2n) is 5.30. The highest BCUT2D eigenvalue weighted by molar-refractivity contribution is 7.89. The van der Waals surface area contributed by atoms with E-state index in [2.05, 4.69) is 18.6 Å². The first-order chi connectivity index (χ1) is 7.94. The van der Waals surface area contributed by atoms with Crippen LogP contribution in [-0.2, 0) is 10.0 Å². The Balaban J connectivity index is 2.37. The number of hydrogen-bond donors (Lipinski definition) is 1. The van der Waals surface area contributed by atoms with Gasteiger partial charge >= 0.3 is 0 Å². The van der Waals surface area contributed by atoms with Crippen LogP contribution in [0.5, 0.6) is 0 Å². The summed E-state index contributed by atoms with van der Waals surface area (Å²) in [5.74, 6) is 2.07. The van der Waals surface area contributed by atoms with Crippen molar-refractivity contribution >= 4 is 21.6 Å². The molecule has 17 heavy (non-hydrogen) atoms. The van der Waals surface area contributed by atoms with Crippen LogP contribution in [0.2, 0.25) is 0 Å². The molecule has 0 heterocycles. The number of sulfonamides is 1. The van der Waals surface area contributed by atoms with E-state index in [0.29, 0.717) is 24.1 Å². The average Bonchev–Trinajstić information content (AvgIpc) is 2.23. The zero-order valence-electron chi connectivity index (χ0n) is 10.8. The van der Waals surface area contributed by atoms with Gasteiger partial charge in [-0.25, -0.2) is 13.1 Å². The van der Waals surface area contributed by atoms with Crippen LogP contribution >= 0.6 is 11.6 Å². The molecular weight excluding hydrogens is 258 g/mol. The predicted octanol–water partition coefficient (Wildman–Crippen LogP) is 2.75. The molecule has 0 aliphatic heterocycles. The molecule has 0 bridgehead atoms. The summed E-state index contributed by atoms with van der Waals surface area (Å²) in [4.78, 5) is 0. The van der Waals surface area contributed by atoms with Crippen LogP contribution < -0.4 is 4.72 Å². The summed E-state index contributed by atoms with van der Waals surface area (Å²) >= 11 is 5.54. The minimum absolute atomic E-state index is 0.141. The minimum atomic E-state index is -3.10. The molecule has 0 spiro atoms. The lowest BCUT2D eigenvalue weighted by molar-refractivity contribution is 0.242. The third-order valence-electron chi connectivity index (χ3n) is 3.74. The zero-order valence-corrected chi connectivity index (χ0v) is 12.4. The molecule has 1 aliphatic carbocycles. The highest BCUT2D eigenvalue weighted by Crippen LogP contribution is 2.29. The molecule has 102 valence electrons. The van der Waals surface area contributed by atoms with Crippen molar-refractivity contribution in [2.45, 2.75) is 52.0 Å². The summed E-state index contributed by atoms with van der Waals surface area (Å²) < 4.78 is 26.4. The smallest absolute Gasteiger partial charge is 0.211 e. The second-order valence-corrected chi connectivity index (χ2v) is 7.55. The molecule has 3 unspecified atom stereocenters. The van der Waals surface area contributed by atoms with Gasteiger partial charge in [0, 0.05) is 11.9 Å². The third kappa shape index (κ3) is 5.58. The molecule has 0 aromatic rings. The number of unbranched alkanes of at least 4 members (excludes halogenated alkanes) is 1. The van der Waals surface area contributed by atoms with Crippen molar-refractivity contribution < 1.29 is 8.42 Å². The first-order valence-electron chi connectivity index (χ1n) is 6.50. The monoisotopic (exact) mass is 281 g/mol. The Kier molecular flexibility index (Phi) is 6.24. The maximum atomic E-state index is 11.8. The van der Waals surface area contributed by atoms with Crippen molar-refractivity contribution in [3.63, 3.8) is 0 Å². The van der Waals surface area contributed by atoms with Gasteiger partial charge in [0.25, 0.3) is 0 Å². The van der Waals surface area contributed by atoms with Crippen LogP contribution in [0.3, 0.4) is 0 Å². The summed E-state index contributed by atoms with van der Waals surface area (Å²) in [7, 11) is -3.10. The molecule has 0 amide bonds. The van der Waals surface area contributed by atoms with Crippen LogP contribution in [0.1, 0.15) is 46.0 Å². The Hall–Kier alpha value is 0.200. The lowest BCUT2D eigenvalue weighted by Gasteiger charge is -2.32. The summed E-state index contributed by atoms with van der Waals surface area (Å²) in [6, 6.07) is 0.141. The molecule has 3 atom stereocenters. The number of hydrogen-bond acceptors (Lipinski definition) is 2. The molecule has 5 heteroatoms. The van der Waals surface area contributed by atoms with Gasteiger partial charge in [-0.3, -0.25) is 0 Å². The van der Waals surface area contributed by atoms with Crippen molar-refractivity contribution in [3.8, 4) is 0 Å². The Morgan fingerprint density at radius 1 is 1.18 bits per heavy atom. The number of rotatable bonds is 6. The lowest BCUT2D eigenvalue weighted by Crippen LogP contribution is -2.40.